The summed E-state index contributed by atoms with van der Waals surface area (Å²) in [5.41, 5.74) is 4.79. The van der Waals surface area contributed by atoms with Gasteiger partial charge < -0.3 is 9.47 Å². The molecule has 0 spiro atoms. The van der Waals surface area contributed by atoms with Gasteiger partial charge in [-0.1, -0.05) is 35.9 Å². The highest BCUT2D eigenvalue weighted by atomic mass is 35.5. The monoisotopic (exact) mass is 420 g/mol. The summed E-state index contributed by atoms with van der Waals surface area (Å²) in [4.78, 5) is 20.1. The average Bonchev–Trinajstić information content (AvgIpc) is 3.19. The number of halogens is 1. The van der Waals surface area contributed by atoms with Crippen LogP contribution in [0, 0.1) is 0 Å². The van der Waals surface area contributed by atoms with E-state index in [9.17, 15) is 4.79 Å². The molecule has 2 aliphatic rings. The summed E-state index contributed by atoms with van der Waals surface area (Å²) in [6.45, 7) is 4.54. The van der Waals surface area contributed by atoms with Crippen LogP contribution in [0.3, 0.4) is 0 Å². The lowest BCUT2D eigenvalue weighted by molar-refractivity contribution is -0.113. The average molecular weight is 421 g/mol. The maximum absolute atomic E-state index is 13.5. The number of hydrogen-bond donors (Lipinski definition) is 0. The maximum atomic E-state index is 13.5. The van der Waals surface area contributed by atoms with Gasteiger partial charge in [-0.05, 0) is 31.3 Å². The minimum Gasteiger partial charge on any atom is -0.350 e. The molecule has 1 amide bonds. The van der Waals surface area contributed by atoms with Crippen LogP contribution in [-0.2, 0) is 11.8 Å². The van der Waals surface area contributed by atoms with Crippen LogP contribution >= 0.6 is 11.6 Å². The van der Waals surface area contributed by atoms with Crippen molar-refractivity contribution >= 4 is 45.7 Å². The van der Waals surface area contributed by atoms with E-state index in [0.29, 0.717) is 11.7 Å². The number of para-hydroxylation sites is 1. The summed E-state index contributed by atoms with van der Waals surface area (Å²) in [7, 11) is 4.17. The minimum absolute atomic E-state index is 0.0409. The number of benzene rings is 2. The molecule has 0 saturated carbocycles. The van der Waals surface area contributed by atoms with Crippen LogP contribution in [0.4, 0.5) is 5.69 Å². The van der Waals surface area contributed by atoms with Gasteiger partial charge in [0.25, 0.3) is 5.91 Å². The van der Waals surface area contributed by atoms with E-state index in [1.807, 2.05) is 48.4 Å². The second-order valence-electron chi connectivity index (χ2n) is 8.23. The zero-order valence-electron chi connectivity index (χ0n) is 17.3. The number of piperazine rings is 1. The second-order valence-corrected chi connectivity index (χ2v) is 8.66. The third-order valence-corrected chi connectivity index (χ3v) is 6.42. The van der Waals surface area contributed by atoms with Crippen molar-refractivity contribution < 1.29 is 4.79 Å². The minimum atomic E-state index is 0.0409. The van der Waals surface area contributed by atoms with Crippen LogP contribution in [0.5, 0.6) is 0 Å². The van der Waals surface area contributed by atoms with E-state index in [4.69, 9.17) is 11.6 Å². The van der Waals surface area contributed by atoms with Gasteiger partial charge in [0.1, 0.15) is 0 Å². The molecule has 5 rings (SSSR count). The predicted octanol–water partition coefficient (Wildman–Crippen LogP) is 3.92. The summed E-state index contributed by atoms with van der Waals surface area (Å²) in [5.74, 6) is 0.0409. The largest absolute Gasteiger partial charge is 0.350 e. The van der Waals surface area contributed by atoms with E-state index in [-0.39, 0.29) is 5.91 Å². The Morgan fingerprint density at radius 2 is 1.80 bits per heavy atom. The van der Waals surface area contributed by atoms with E-state index in [1.54, 1.807) is 0 Å². The smallest absolute Gasteiger partial charge is 0.260 e. The molecule has 0 unspecified atom stereocenters. The molecule has 0 radical (unpaired) electrons. The highest BCUT2D eigenvalue weighted by Crippen LogP contribution is 2.40. The Hall–Kier alpha value is -2.60. The van der Waals surface area contributed by atoms with Crippen molar-refractivity contribution in [3.8, 4) is 0 Å². The van der Waals surface area contributed by atoms with Crippen molar-refractivity contribution in [2.45, 2.75) is 0 Å². The van der Waals surface area contributed by atoms with Gasteiger partial charge in [0.05, 0.1) is 12.4 Å². The molecule has 0 N–H and O–H groups in total. The molecule has 3 heterocycles. The molecule has 1 aromatic heterocycles. The number of aryl methyl sites for hydroxylation is 1. The Morgan fingerprint density at radius 3 is 2.60 bits per heavy atom. The first-order chi connectivity index (χ1) is 14.5. The number of amides is 1. The fourth-order valence-electron chi connectivity index (χ4n) is 4.44. The zero-order chi connectivity index (χ0) is 20.8. The third kappa shape index (κ3) is 3.33. The number of likely N-dealkylation sites (N-methyl/N-ethyl adjacent to an activating group) is 1. The summed E-state index contributed by atoms with van der Waals surface area (Å²) < 4.78 is 2.10. The Labute approximate surface area is 181 Å². The topological polar surface area (TPSA) is 31.7 Å². The van der Waals surface area contributed by atoms with Gasteiger partial charge in [0, 0.05) is 72.0 Å². The Balaban J connectivity index is 1.55. The molecule has 30 heavy (non-hydrogen) atoms. The van der Waals surface area contributed by atoms with Gasteiger partial charge in [-0.25, -0.2) is 0 Å². The van der Waals surface area contributed by atoms with Gasteiger partial charge >= 0.3 is 0 Å². The lowest BCUT2D eigenvalue weighted by atomic mass is 10.0. The predicted molar refractivity (Wildman–Crippen MR) is 124 cm³/mol. The van der Waals surface area contributed by atoms with E-state index in [1.165, 1.54) is 0 Å². The van der Waals surface area contributed by atoms with Crippen molar-refractivity contribution in [3.63, 3.8) is 0 Å². The van der Waals surface area contributed by atoms with Crippen LogP contribution in [-0.4, -0.2) is 60.2 Å². The SMILES string of the molecule is CN1CCN(CN2C(=O)/C(=C\c3cn(C)c4ccccc34)c3ccc(Cl)cc32)CC1. The number of carbonyl (C=O) groups excluding carboxylic acids is 1. The number of rotatable bonds is 3. The Bertz CT molecular complexity index is 1160. The number of nitrogens with zero attached hydrogens (tertiary/aromatic N) is 4. The molecular weight excluding hydrogens is 396 g/mol. The molecular formula is C24H25ClN4O. The quantitative estimate of drug-likeness (QED) is 0.602. The summed E-state index contributed by atoms with van der Waals surface area (Å²) in [6, 6.07) is 14.0. The van der Waals surface area contributed by atoms with Crippen LogP contribution in [0.2, 0.25) is 5.02 Å². The van der Waals surface area contributed by atoms with Crippen LogP contribution in [0.1, 0.15) is 11.1 Å². The standard InChI is InChI=1S/C24H25ClN4O/c1-26-9-11-28(12-10-26)16-29-23-14-18(25)7-8-20(23)21(24(29)30)13-17-15-27(2)22-6-4-3-5-19(17)22/h3-8,13-15H,9-12,16H2,1-2H3/b21-13-. The highest BCUT2D eigenvalue weighted by Gasteiger charge is 2.34. The Kier molecular flexibility index (Phi) is 4.89. The van der Waals surface area contributed by atoms with E-state index >= 15 is 0 Å². The summed E-state index contributed by atoms with van der Waals surface area (Å²) in [6.07, 6.45) is 4.12. The molecule has 6 heteroatoms. The van der Waals surface area contributed by atoms with Crippen molar-refractivity contribution in [2.75, 3.05) is 44.8 Å². The molecule has 0 aliphatic carbocycles. The second kappa shape index (κ2) is 7.58. The summed E-state index contributed by atoms with van der Waals surface area (Å²) >= 11 is 6.31. The lowest BCUT2D eigenvalue weighted by Gasteiger charge is -2.34. The van der Waals surface area contributed by atoms with Crippen LogP contribution < -0.4 is 4.90 Å². The van der Waals surface area contributed by atoms with Gasteiger partial charge in [0.15, 0.2) is 0 Å². The fraction of sp³-hybridized carbons (Fsp3) is 0.292. The molecule has 5 nitrogen and oxygen atoms in total. The molecule has 2 aromatic carbocycles. The number of anilines is 1. The first-order valence-electron chi connectivity index (χ1n) is 10.3. The molecule has 0 atom stereocenters. The van der Waals surface area contributed by atoms with Gasteiger partial charge in [-0.15, -0.1) is 0 Å². The Morgan fingerprint density at radius 1 is 1.03 bits per heavy atom. The highest BCUT2D eigenvalue weighted by molar-refractivity contribution is 6.37. The van der Waals surface area contributed by atoms with Crippen molar-refractivity contribution in [1.29, 1.82) is 0 Å². The van der Waals surface area contributed by atoms with E-state index in [2.05, 4.69) is 39.7 Å². The van der Waals surface area contributed by atoms with Crippen LogP contribution in [0.25, 0.3) is 22.6 Å². The maximum Gasteiger partial charge on any atom is 0.260 e. The van der Waals surface area contributed by atoms with Gasteiger partial charge in [0.2, 0.25) is 0 Å². The van der Waals surface area contributed by atoms with Crippen LogP contribution in [0.15, 0.2) is 48.7 Å². The number of hydrogen-bond acceptors (Lipinski definition) is 3. The first kappa shape index (κ1) is 19.4. The normalized spacial score (nSPS) is 19.2. The van der Waals surface area contributed by atoms with Crippen molar-refractivity contribution in [1.82, 2.24) is 14.4 Å². The van der Waals surface area contributed by atoms with E-state index in [0.717, 1.165) is 59.5 Å². The van der Waals surface area contributed by atoms with E-state index < -0.39 is 0 Å². The van der Waals surface area contributed by atoms with Gasteiger partial charge in [-0.2, -0.15) is 0 Å². The third-order valence-electron chi connectivity index (χ3n) is 6.18. The lowest BCUT2D eigenvalue weighted by Crippen LogP contribution is -2.49. The molecule has 3 aromatic rings. The number of aromatic nitrogens is 1. The molecule has 2 aliphatic heterocycles. The zero-order valence-corrected chi connectivity index (χ0v) is 18.1. The number of carbonyl (C=O) groups is 1. The molecule has 0 bridgehead atoms. The molecule has 1 saturated heterocycles. The summed E-state index contributed by atoms with van der Waals surface area (Å²) in [5, 5.41) is 1.80. The van der Waals surface area contributed by atoms with Crippen molar-refractivity contribution in [2.24, 2.45) is 7.05 Å². The first-order valence-corrected chi connectivity index (χ1v) is 10.7. The number of fused-ring (bicyclic) bond motifs is 2. The fourth-order valence-corrected chi connectivity index (χ4v) is 4.60. The van der Waals surface area contributed by atoms with Crippen molar-refractivity contribution in [3.05, 3.63) is 64.8 Å². The van der Waals surface area contributed by atoms with Gasteiger partial charge in [-0.3, -0.25) is 14.6 Å². The molecule has 1 fully saturated rings. The molecule has 154 valence electrons.